The monoisotopic (exact) mass is 325 g/mol. The molecule has 0 fully saturated rings. The fraction of sp³-hybridized carbons (Fsp3) is 0.200. The Morgan fingerprint density at radius 2 is 1.90 bits per heavy atom. The third-order valence-electron chi connectivity index (χ3n) is 2.94. The normalized spacial score (nSPS) is 11.3. The van der Waals surface area contributed by atoms with Crippen LogP contribution in [0.4, 0.5) is 5.69 Å². The SMILES string of the molecule is COCCc1ccccc1NS(=O)(=O)c1cccc(Cl)c1. The number of hydrogen-bond acceptors (Lipinski definition) is 3. The third-order valence-corrected chi connectivity index (χ3v) is 4.54. The number of nitrogens with one attached hydrogen (secondary N) is 1. The predicted octanol–water partition coefficient (Wildman–Crippen LogP) is 3.33. The van der Waals surface area contributed by atoms with Crippen molar-refractivity contribution < 1.29 is 13.2 Å². The van der Waals surface area contributed by atoms with Crippen molar-refractivity contribution >= 4 is 27.3 Å². The number of para-hydroxylation sites is 1. The molecule has 0 aliphatic heterocycles. The average Bonchev–Trinajstić information content (AvgIpc) is 2.46. The van der Waals surface area contributed by atoms with E-state index in [2.05, 4.69) is 4.72 Å². The number of ether oxygens (including phenoxy) is 1. The highest BCUT2D eigenvalue weighted by Gasteiger charge is 2.16. The number of rotatable bonds is 6. The molecule has 21 heavy (non-hydrogen) atoms. The van der Waals surface area contributed by atoms with Crippen molar-refractivity contribution in [2.75, 3.05) is 18.4 Å². The molecule has 0 spiro atoms. The number of hydrogen-bond donors (Lipinski definition) is 1. The van der Waals surface area contributed by atoms with Crippen LogP contribution < -0.4 is 4.72 Å². The van der Waals surface area contributed by atoms with Gasteiger partial charge in [-0.25, -0.2) is 8.42 Å². The minimum atomic E-state index is -3.66. The van der Waals surface area contributed by atoms with Crippen LogP contribution in [0.5, 0.6) is 0 Å². The molecule has 0 radical (unpaired) electrons. The largest absolute Gasteiger partial charge is 0.384 e. The molecule has 1 N–H and O–H groups in total. The molecule has 0 aromatic heterocycles. The molecular weight excluding hydrogens is 310 g/mol. The van der Waals surface area contributed by atoms with Gasteiger partial charge in [-0.15, -0.1) is 0 Å². The van der Waals surface area contributed by atoms with Gasteiger partial charge in [-0.1, -0.05) is 35.9 Å². The Morgan fingerprint density at radius 1 is 1.14 bits per heavy atom. The van der Waals surface area contributed by atoms with Crippen LogP contribution in [0.15, 0.2) is 53.4 Å². The standard InChI is InChI=1S/C15H16ClNO3S/c1-20-10-9-12-5-2-3-8-15(12)17-21(18,19)14-7-4-6-13(16)11-14/h2-8,11,17H,9-10H2,1H3. The lowest BCUT2D eigenvalue weighted by Gasteiger charge is -2.12. The van der Waals surface area contributed by atoms with E-state index < -0.39 is 10.0 Å². The number of sulfonamides is 1. The quantitative estimate of drug-likeness (QED) is 0.886. The summed E-state index contributed by atoms with van der Waals surface area (Å²) in [7, 11) is -2.05. The molecule has 0 aliphatic carbocycles. The number of halogens is 1. The molecule has 2 aromatic rings. The molecule has 2 aromatic carbocycles. The van der Waals surface area contributed by atoms with E-state index in [9.17, 15) is 8.42 Å². The fourth-order valence-corrected chi connectivity index (χ4v) is 3.29. The Bertz CT molecular complexity index is 716. The lowest BCUT2D eigenvalue weighted by Crippen LogP contribution is -2.14. The van der Waals surface area contributed by atoms with E-state index in [1.165, 1.54) is 12.1 Å². The van der Waals surface area contributed by atoms with E-state index in [0.29, 0.717) is 23.7 Å². The van der Waals surface area contributed by atoms with Crippen LogP contribution in [0, 0.1) is 0 Å². The second kappa shape index (κ2) is 6.93. The van der Waals surface area contributed by atoms with E-state index in [1.807, 2.05) is 12.1 Å². The first-order chi connectivity index (χ1) is 10.0. The summed E-state index contributed by atoms with van der Waals surface area (Å²) < 4.78 is 32.4. The molecule has 0 aliphatic rings. The van der Waals surface area contributed by atoms with Crippen LogP contribution in [-0.2, 0) is 21.2 Å². The minimum absolute atomic E-state index is 0.136. The maximum atomic E-state index is 12.4. The lowest BCUT2D eigenvalue weighted by atomic mass is 10.1. The second-order valence-corrected chi connectivity index (χ2v) is 6.58. The van der Waals surface area contributed by atoms with Crippen LogP contribution in [-0.4, -0.2) is 22.1 Å². The molecule has 6 heteroatoms. The van der Waals surface area contributed by atoms with E-state index in [0.717, 1.165) is 5.56 Å². The molecule has 2 rings (SSSR count). The van der Waals surface area contributed by atoms with Gasteiger partial charge in [0.05, 0.1) is 17.2 Å². The number of benzene rings is 2. The first-order valence-electron chi connectivity index (χ1n) is 6.38. The average molecular weight is 326 g/mol. The van der Waals surface area contributed by atoms with Crippen LogP contribution in [0.1, 0.15) is 5.56 Å². The zero-order valence-corrected chi connectivity index (χ0v) is 13.1. The molecular formula is C15H16ClNO3S. The first kappa shape index (κ1) is 15.8. The van der Waals surface area contributed by atoms with Crippen LogP contribution >= 0.6 is 11.6 Å². The Hall–Kier alpha value is -1.56. The van der Waals surface area contributed by atoms with Crippen molar-refractivity contribution in [2.45, 2.75) is 11.3 Å². The molecule has 0 heterocycles. The molecule has 4 nitrogen and oxygen atoms in total. The number of anilines is 1. The molecule has 0 atom stereocenters. The zero-order valence-electron chi connectivity index (χ0n) is 11.5. The molecule has 0 saturated carbocycles. The van der Waals surface area contributed by atoms with Crippen LogP contribution in [0.25, 0.3) is 0 Å². The van der Waals surface area contributed by atoms with E-state index in [-0.39, 0.29) is 4.90 Å². The molecule has 0 saturated heterocycles. The number of methoxy groups -OCH3 is 1. The van der Waals surface area contributed by atoms with Gasteiger partial charge < -0.3 is 4.74 Å². The minimum Gasteiger partial charge on any atom is -0.384 e. The van der Waals surface area contributed by atoms with E-state index in [4.69, 9.17) is 16.3 Å². The zero-order chi connectivity index (χ0) is 15.3. The maximum absolute atomic E-state index is 12.4. The van der Waals surface area contributed by atoms with Crippen LogP contribution in [0.3, 0.4) is 0 Å². The summed E-state index contributed by atoms with van der Waals surface area (Å²) >= 11 is 5.84. The van der Waals surface area contributed by atoms with Crippen molar-refractivity contribution in [3.05, 3.63) is 59.1 Å². The summed E-state index contributed by atoms with van der Waals surface area (Å²) in [6.45, 7) is 0.524. The Balaban J connectivity index is 2.29. The molecule has 0 amide bonds. The third kappa shape index (κ3) is 4.20. The topological polar surface area (TPSA) is 55.4 Å². The van der Waals surface area contributed by atoms with E-state index in [1.54, 1.807) is 31.4 Å². The fourth-order valence-electron chi connectivity index (χ4n) is 1.89. The van der Waals surface area contributed by atoms with Gasteiger partial charge in [0.15, 0.2) is 0 Å². The van der Waals surface area contributed by atoms with Crippen molar-refractivity contribution in [3.63, 3.8) is 0 Å². The second-order valence-electron chi connectivity index (χ2n) is 4.46. The molecule has 0 bridgehead atoms. The highest BCUT2D eigenvalue weighted by molar-refractivity contribution is 7.92. The Kier molecular flexibility index (Phi) is 5.22. The van der Waals surface area contributed by atoms with Crippen molar-refractivity contribution in [2.24, 2.45) is 0 Å². The van der Waals surface area contributed by atoms with Gasteiger partial charge in [0, 0.05) is 12.1 Å². The highest BCUT2D eigenvalue weighted by atomic mass is 35.5. The smallest absolute Gasteiger partial charge is 0.261 e. The van der Waals surface area contributed by atoms with Crippen LogP contribution in [0.2, 0.25) is 5.02 Å². The Labute approximate surface area is 129 Å². The summed E-state index contributed by atoms with van der Waals surface area (Å²) in [5.41, 5.74) is 1.43. The summed E-state index contributed by atoms with van der Waals surface area (Å²) in [6.07, 6.45) is 0.630. The summed E-state index contributed by atoms with van der Waals surface area (Å²) in [4.78, 5) is 0.136. The Morgan fingerprint density at radius 3 is 2.62 bits per heavy atom. The molecule has 0 unspecified atom stereocenters. The van der Waals surface area contributed by atoms with Crippen molar-refractivity contribution in [1.82, 2.24) is 0 Å². The van der Waals surface area contributed by atoms with Gasteiger partial charge in [0.25, 0.3) is 10.0 Å². The van der Waals surface area contributed by atoms with Crippen molar-refractivity contribution in [1.29, 1.82) is 0 Å². The summed E-state index contributed by atoms with van der Waals surface area (Å²) in [6, 6.07) is 13.4. The first-order valence-corrected chi connectivity index (χ1v) is 8.24. The van der Waals surface area contributed by atoms with Gasteiger partial charge in [-0.05, 0) is 36.2 Å². The maximum Gasteiger partial charge on any atom is 0.261 e. The van der Waals surface area contributed by atoms with Gasteiger partial charge in [0.1, 0.15) is 0 Å². The lowest BCUT2D eigenvalue weighted by molar-refractivity contribution is 0.202. The van der Waals surface area contributed by atoms with E-state index >= 15 is 0 Å². The summed E-state index contributed by atoms with van der Waals surface area (Å²) in [5, 5.41) is 0.380. The van der Waals surface area contributed by atoms with Gasteiger partial charge in [-0.2, -0.15) is 0 Å². The predicted molar refractivity (Wildman–Crippen MR) is 84.3 cm³/mol. The highest BCUT2D eigenvalue weighted by Crippen LogP contribution is 2.22. The van der Waals surface area contributed by atoms with Gasteiger partial charge in [0.2, 0.25) is 0 Å². The molecule has 112 valence electrons. The van der Waals surface area contributed by atoms with Gasteiger partial charge >= 0.3 is 0 Å². The summed E-state index contributed by atoms with van der Waals surface area (Å²) in [5.74, 6) is 0. The van der Waals surface area contributed by atoms with Gasteiger partial charge in [-0.3, -0.25) is 4.72 Å². The van der Waals surface area contributed by atoms with Crippen molar-refractivity contribution in [3.8, 4) is 0 Å².